The van der Waals surface area contributed by atoms with Crippen LogP contribution in [0, 0.1) is 11.8 Å². The Kier molecular flexibility index (Phi) is 9.90. The lowest BCUT2D eigenvalue weighted by Gasteiger charge is -2.33. The third kappa shape index (κ3) is 6.47. The number of esters is 1. The maximum absolute atomic E-state index is 11.6. The van der Waals surface area contributed by atoms with E-state index in [4.69, 9.17) is 4.74 Å². The van der Waals surface area contributed by atoms with Crippen molar-refractivity contribution in [3.63, 3.8) is 0 Å². The second kappa shape index (κ2) is 11.1. The van der Waals surface area contributed by atoms with Crippen LogP contribution >= 0.6 is 24.0 Å². The van der Waals surface area contributed by atoms with Crippen molar-refractivity contribution in [1.29, 1.82) is 0 Å². The number of carbonyl (C=O) groups is 1. The van der Waals surface area contributed by atoms with Gasteiger partial charge in [0.15, 0.2) is 5.96 Å². The molecule has 0 radical (unpaired) electrons. The molecule has 0 amide bonds. The van der Waals surface area contributed by atoms with Gasteiger partial charge < -0.3 is 15.0 Å². The van der Waals surface area contributed by atoms with E-state index in [1.54, 1.807) is 0 Å². The van der Waals surface area contributed by atoms with Crippen molar-refractivity contribution in [3.05, 3.63) is 0 Å². The van der Waals surface area contributed by atoms with Crippen LogP contribution in [0.5, 0.6) is 0 Å². The number of aliphatic imine (C=N–C) groups is 1. The van der Waals surface area contributed by atoms with Gasteiger partial charge in [-0.05, 0) is 31.6 Å². The van der Waals surface area contributed by atoms with Gasteiger partial charge >= 0.3 is 5.97 Å². The molecule has 0 aromatic rings. The molecule has 134 valence electrons. The molecule has 6 heteroatoms. The van der Waals surface area contributed by atoms with Crippen molar-refractivity contribution < 1.29 is 9.53 Å². The number of hydrogen-bond donors (Lipinski definition) is 1. The predicted molar refractivity (Wildman–Crippen MR) is 104 cm³/mol. The summed E-state index contributed by atoms with van der Waals surface area (Å²) in [5.41, 5.74) is 0. The van der Waals surface area contributed by atoms with Gasteiger partial charge in [0, 0.05) is 26.7 Å². The molecule has 2 rings (SSSR count). The van der Waals surface area contributed by atoms with E-state index < -0.39 is 0 Å². The molecule has 0 bridgehead atoms. The predicted octanol–water partition coefficient (Wildman–Crippen LogP) is 3.04. The molecule has 1 aliphatic carbocycles. The number of nitrogens with zero attached hydrogens (tertiary/aromatic N) is 2. The van der Waals surface area contributed by atoms with Gasteiger partial charge in [0.25, 0.3) is 0 Å². The van der Waals surface area contributed by atoms with Gasteiger partial charge in [0.05, 0.1) is 13.0 Å². The van der Waals surface area contributed by atoms with Gasteiger partial charge in [-0.1, -0.05) is 25.7 Å². The minimum Gasteiger partial charge on any atom is -0.469 e. The number of methoxy groups -OCH3 is 1. The summed E-state index contributed by atoms with van der Waals surface area (Å²) in [4.78, 5) is 18.2. The molecular formula is C17H32IN3O2. The van der Waals surface area contributed by atoms with Crippen LogP contribution in [0.25, 0.3) is 0 Å². The maximum Gasteiger partial charge on any atom is 0.308 e. The summed E-state index contributed by atoms with van der Waals surface area (Å²) >= 11 is 0. The first-order chi connectivity index (χ1) is 10.7. The third-order valence-electron chi connectivity index (χ3n) is 5.09. The molecule has 2 aliphatic rings. The lowest BCUT2D eigenvalue weighted by molar-refractivity contribution is -0.146. The average Bonchev–Trinajstić information content (AvgIpc) is 3.08. The number of halogens is 1. The molecule has 5 nitrogen and oxygen atoms in total. The van der Waals surface area contributed by atoms with Crippen LogP contribution in [-0.4, -0.2) is 50.6 Å². The van der Waals surface area contributed by atoms with Gasteiger partial charge in [-0.15, -0.1) is 24.0 Å². The standard InChI is InChI=1S/C17H31N3O2.HI/c1-18-17(19-11-5-8-14-6-3-4-7-14)20-12-9-15(10-13-20)16(21)22-2;/h14-15H,3-13H2,1-2H3,(H,18,19);1H. The van der Waals surface area contributed by atoms with Crippen molar-refractivity contribution >= 4 is 35.9 Å². The summed E-state index contributed by atoms with van der Waals surface area (Å²) in [7, 11) is 3.31. The number of nitrogens with one attached hydrogen (secondary N) is 1. The molecule has 1 N–H and O–H groups in total. The highest BCUT2D eigenvalue weighted by Gasteiger charge is 2.26. The second-order valence-electron chi connectivity index (χ2n) is 6.55. The highest BCUT2D eigenvalue weighted by Crippen LogP contribution is 2.28. The second-order valence-corrected chi connectivity index (χ2v) is 6.55. The van der Waals surface area contributed by atoms with Crippen molar-refractivity contribution in [2.75, 3.05) is 33.8 Å². The third-order valence-corrected chi connectivity index (χ3v) is 5.09. The zero-order valence-corrected chi connectivity index (χ0v) is 16.9. The number of likely N-dealkylation sites (tertiary alicyclic amines) is 1. The number of piperidine rings is 1. The normalized spacial score (nSPS) is 20.3. The van der Waals surface area contributed by atoms with E-state index in [0.29, 0.717) is 0 Å². The summed E-state index contributed by atoms with van der Waals surface area (Å²) < 4.78 is 4.84. The Morgan fingerprint density at radius 2 is 1.87 bits per heavy atom. The van der Waals surface area contributed by atoms with Gasteiger partial charge in [-0.3, -0.25) is 9.79 Å². The minimum absolute atomic E-state index is 0. The number of ether oxygens (including phenoxy) is 1. The summed E-state index contributed by atoms with van der Waals surface area (Å²) in [6.07, 6.45) is 9.98. The Balaban J connectivity index is 0.00000264. The molecule has 1 saturated heterocycles. The topological polar surface area (TPSA) is 53.9 Å². The highest BCUT2D eigenvalue weighted by atomic mass is 127. The fourth-order valence-corrected chi connectivity index (χ4v) is 3.72. The Labute approximate surface area is 157 Å². The SMILES string of the molecule is CN=C(NCCCC1CCCC1)N1CCC(C(=O)OC)CC1.I. The number of hydrogen-bond acceptors (Lipinski definition) is 3. The summed E-state index contributed by atoms with van der Waals surface area (Å²) in [6.45, 7) is 2.75. The molecule has 0 spiro atoms. The van der Waals surface area contributed by atoms with Gasteiger partial charge in [-0.2, -0.15) is 0 Å². The van der Waals surface area contributed by atoms with Gasteiger partial charge in [0.2, 0.25) is 0 Å². The summed E-state index contributed by atoms with van der Waals surface area (Å²) in [5, 5.41) is 3.48. The molecule has 0 aromatic heterocycles. The smallest absolute Gasteiger partial charge is 0.308 e. The fraction of sp³-hybridized carbons (Fsp3) is 0.882. The van der Waals surface area contributed by atoms with Crippen molar-refractivity contribution in [1.82, 2.24) is 10.2 Å². The van der Waals surface area contributed by atoms with E-state index in [1.807, 2.05) is 7.05 Å². The van der Waals surface area contributed by atoms with E-state index in [0.717, 1.165) is 44.4 Å². The molecule has 1 heterocycles. The van der Waals surface area contributed by atoms with E-state index in [2.05, 4.69) is 15.2 Å². The molecular weight excluding hydrogens is 405 g/mol. The van der Waals surface area contributed by atoms with Crippen LogP contribution in [-0.2, 0) is 9.53 Å². The highest BCUT2D eigenvalue weighted by molar-refractivity contribution is 14.0. The monoisotopic (exact) mass is 437 g/mol. The van der Waals surface area contributed by atoms with E-state index in [-0.39, 0.29) is 35.9 Å². The van der Waals surface area contributed by atoms with Crippen molar-refractivity contribution in [2.24, 2.45) is 16.8 Å². The van der Waals surface area contributed by atoms with Crippen LogP contribution in [0.2, 0.25) is 0 Å². The fourth-order valence-electron chi connectivity index (χ4n) is 3.72. The van der Waals surface area contributed by atoms with Gasteiger partial charge in [-0.25, -0.2) is 0 Å². The molecule has 1 aliphatic heterocycles. The first-order valence-corrected chi connectivity index (χ1v) is 8.78. The summed E-state index contributed by atoms with van der Waals surface area (Å²) in [5.74, 6) is 1.93. The van der Waals surface area contributed by atoms with Crippen LogP contribution in [0.15, 0.2) is 4.99 Å². The van der Waals surface area contributed by atoms with Crippen molar-refractivity contribution in [2.45, 2.75) is 51.4 Å². The molecule has 0 unspecified atom stereocenters. The number of guanidine groups is 1. The van der Waals surface area contributed by atoms with E-state index >= 15 is 0 Å². The lowest BCUT2D eigenvalue weighted by Crippen LogP contribution is -2.46. The van der Waals surface area contributed by atoms with Crippen molar-refractivity contribution in [3.8, 4) is 0 Å². The van der Waals surface area contributed by atoms with Crippen LogP contribution in [0.1, 0.15) is 51.4 Å². The minimum atomic E-state index is -0.0702. The number of rotatable bonds is 5. The molecule has 0 aromatic carbocycles. The molecule has 23 heavy (non-hydrogen) atoms. The lowest BCUT2D eigenvalue weighted by atomic mass is 9.97. The zero-order valence-electron chi connectivity index (χ0n) is 14.6. The Bertz CT molecular complexity index is 376. The molecule has 2 fully saturated rings. The first kappa shape index (κ1) is 20.5. The Hall–Kier alpha value is -0.530. The maximum atomic E-state index is 11.6. The van der Waals surface area contributed by atoms with E-state index in [1.165, 1.54) is 45.6 Å². The molecule has 0 atom stereocenters. The average molecular weight is 437 g/mol. The van der Waals surface area contributed by atoms with Crippen LogP contribution in [0.4, 0.5) is 0 Å². The molecule has 1 saturated carbocycles. The Morgan fingerprint density at radius 1 is 1.22 bits per heavy atom. The quantitative estimate of drug-likeness (QED) is 0.236. The number of carbonyl (C=O) groups excluding carboxylic acids is 1. The zero-order chi connectivity index (χ0) is 15.8. The van der Waals surface area contributed by atoms with Crippen LogP contribution in [0.3, 0.4) is 0 Å². The first-order valence-electron chi connectivity index (χ1n) is 8.78. The largest absolute Gasteiger partial charge is 0.469 e. The van der Waals surface area contributed by atoms with E-state index in [9.17, 15) is 4.79 Å². The Morgan fingerprint density at radius 3 is 2.43 bits per heavy atom. The van der Waals surface area contributed by atoms with Gasteiger partial charge in [0.1, 0.15) is 0 Å². The van der Waals surface area contributed by atoms with Crippen LogP contribution < -0.4 is 5.32 Å². The summed E-state index contributed by atoms with van der Waals surface area (Å²) in [6, 6.07) is 0.